The van der Waals surface area contributed by atoms with Gasteiger partial charge in [0.25, 0.3) is 0 Å². The van der Waals surface area contributed by atoms with E-state index >= 15 is 0 Å². The summed E-state index contributed by atoms with van der Waals surface area (Å²) in [5.41, 5.74) is 2.13. The van der Waals surface area contributed by atoms with Gasteiger partial charge in [0.05, 0.1) is 24.0 Å². The first-order valence-corrected chi connectivity index (χ1v) is 6.07. The summed E-state index contributed by atoms with van der Waals surface area (Å²) in [6.07, 6.45) is 3.04. The number of imidazole rings is 1. The van der Waals surface area contributed by atoms with E-state index in [1.54, 1.807) is 0 Å². The highest BCUT2D eigenvalue weighted by atomic mass is 16.5. The topological polar surface area (TPSA) is 39.1 Å². The van der Waals surface area contributed by atoms with Crippen molar-refractivity contribution in [2.24, 2.45) is 13.0 Å². The van der Waals surface area contributed by atoms with E-state index in [9.17, 15) is 0 Å². The number of hydrogen-bond donors (Lipinski definition) is 1. The van der Waals surface area contributed by atoms with Crippen LogP contribution in [-0.4, -0.2) is 29.2 Å². The normalized spacial score (nSPS) is 19.9. The minimum atomic E-state index is 0.650. The van der Waals surface area contributed by atoms with E-state index in [1.165, 1.54) is 6.42 Å². The van der Waals surface area contributed by atoms with Crippen LogP contribution in [0, 0.1) is 5.92 Å². The van der Waals surface area contributed by atoms with Crippen molar-refractivity contribution < 1.29 is 4.74 Å². The standard InChI is InChI=1S/C13H17N3O/c1-16-9-15-12-3-2-11(6-13(12)16)17-8-10-4-5-14-7-10/h2-3,6,9-10,14H,4-5,7-8H2,1H3. The first kappa shape index (κ1) is 10.6. The molecular formula is C13H17N3O. The average Bonchev–Trinajstić information content (AvgIpc) is 2.97. The van der Waals surface area contributed by atoms with Crippen LogP contribution in [0.2, 0.25) is 0 Å². The van der Waals surface area contributed by atoms with Crippen LogP contribution in [0.5, 0.6) is 5.75 Å². The Hall–Kier alpha value is -1.55. The van der Waals surface area contributed by atoms with Gasteiger partial charge in [0.15, 0.2) is 0 Å². The molecule has 17 heavy (non-hydrogen) atoms. The van der Waals surface area contributed by atoms with Crippen LogP contribution in [-0.2, 0) is 7.05 Å². The smallest absolute Gasteiger partial charge is 0.121 e. The second-order valence-electron chi connectivity index (χ2n) is 4.68. The van der Waals surface area contributed by atoms with Crippen LogP contribution < -0.4 is 10.1 Å². The zero-order valence-electron chi connectivity index (χ0n) is 10.0. The van der Waals surface area contributed by atoms with Crippen molar-refractivity contribution in [1.82, 2.24) is 14.9 Å². The Balaban J connectivity index is 1.73. The van der Waals surface area contributed by atoms with Gasteiger partial charge < -0.3 is 14.6 Å². The third-order valence-corrected chi connectivity index (χ3v) is 3.34. The quantitative estimate of drug-likeness (QED) is 0.871. The van der Waals surface area contributed by atoms with E-state index in [0.717, 1.165) is 36.5 Å². The molecule has 4 nitrogen and oxygen atoms in total. The number of aromatic nitrogens is 2. The number of hydrogen-bond acceptors (Lipinski definition) is 3. The molecule has 1 aliphatic heterocycles. The third kappa shape index (κ3) is 2.13. The molecule has 0 saturated carbocycles. The highest BCUT2D eigenvalue weighted by Crippen LogP contribution is 2.20. The second kappa shape index (κ2) is 4.37. The summed E-state index contributed by atoms with van der Waals surface area (Å²) in [5.74, 6) is 1.59. The monoisotopic (exact) mass is 231 g/mol. The van der Waals surface area contributed by atoms with Gasteiger partial charge in [-0.3, -0.25) is 0 Å². The number of ether oxygens (including phenoxy) is 1. The van der Waals surface area contributed by atoms with Gasteiger partial charge in [-0.1, -0.05) is 0 Å². The molecule has 1 saturated heterocycles. The average molecular weight is 231 g/mol. The zero-order valence-corrected chi connectivity index (χ0v) is 10.0. The SMILES string of the molecule is Cn1cnc2ccc(OCC3CCNC3)cc21. The van der Waals surface area contributed by atoms with Crippen molar-refractivity contribution in [3.05, 3.63) is 24.5 Å². The van der Waals surface area contributed by atoms with Crippen LogP contribution in [0.4, 0.5) is 0 Å². The lowest BCUT2D eigenvalue weighted by Gasteiger charge is -2.10. The van der Waals surface area contributed by atoms with Crippen molar-refractivity contribution in [2.45, 2.75) is 6.42 Å². The molecule has 0 spiro atoms. The minimum absolute atomic E-state index is 0.650. The maximum absolute atomic E-state index is 5.84. The summed E-state index contributed by atoms with van der Waals surface area (Å²) in [4.78, 5) is 4.29. The van der Waals surface area contributed by atoms with Gasteiger partial charge in [0.2, 0.25) is 0 Å². The zero-order chi connectivity index (χ0) is 11.7. The van der Waals surface area contributed by atoms with Gasteiger partial charge in [0, 0.05) is 25.6 Å². The van der Waals surface area contributed by atoms with Crippen molar-refractivity contribution >= 4 is 11.0 Å². The molecule has 2 aromatic rings. The van der Waals surface area contributed by atoms with Crippen molar-refractivity contribution in [3.8, 4) is 5.75 Å². The van der Waals surface area contributed by atoms with E-state index < -0.39 is 0 Å². The lowest BCUT2D eigenvalue weighted by Crippen LogP contribution is -2.15. The minimum Gasteiger partial charge on any atom is -0.493 e. The number of nitrogens with one attached hydrogen (secondary N) is 1. The van der Waals surface area contributed by atoms with Crippen molar-refractivity contribution in [3.63, 3.8) is 0 Å². The molecule has 1 fully saturated rings. The summed E-state index contributed by atoms with van der Waals surface area (Å²) < 4.78 is 7.85. The molecule has 0 aliphatic carbocycles. The molecule has 1 aliphatic rings. The van der Waals surface area contributed by atoms with Gasteiger partial charge >= 0.3 is 0 Å². The summed E-state index contributed by atoms with van der Waals surface area (Å²) in [6, 6.07) is 6.07. The van der Waals surface area contributed by atoms with E-state index in [-0.39, 0.29) is 0 Å². The van der Waals surface area contributed by atoms with Gasteiger partial charge in [-0.05, 0) is 25.1 Å². The Morgan fingerprint density at radius 2 is 2.47 bits per heavy atom. The van der Waals surface area contributed by atoms with Crippen molar-refractivity contribution in [2.75, 3.05) is 19.7 Å². The molecule has 0 radical (unpaired) electrons. The predicted molar refractivity (Wildman–Crippen MR) is 67.2 cm³/mol. The molecule has 0 bridgehead atoms. The number of nitrogens with zero attached hydrogens (tertiary/aromatic N) is 2. The number of benzene rings is 1. The predicted octanol–water partition coefficient (Wildman–Crippen LogP) is 1.56. The van der Waals surface area contributed by atoms with Crippen LogP contribution in [0.3, 0.4) is 0 Å². The van der Waals surface area contributed by atoms with E-state index in [1.807, 2.05) is 30.1 Å². The highest BCUT2D eigenvalue weighted by molar-refractivity contribution is 5.76. The van der Waals surface area contributed by atoms with Crippen LogP contribution in [0.15, 0.2) is 24.5 Å². The molecule has 1 unspecified atom stereocenters. The van der Waals surface area contributed by atoms with E-state index in [4.69, 9.17) is 4.74 Å². The maximum Gasteiger partial charge on any atom is 0.121 e. The Kier molecular flexibility index (Phi) is 2.73. The molecule has 90 valence electrons. The molecular weight excluding hydrogens is 214 g/mol. The fraction of sp³-hybridized carbons (Fsp3) is 0.462. The van der Waals surface area contributed by atoms with E-state index in [2.05, 4.69) is 16.4 Å². The molecule has 0 amide bonds. The van der Waals surface area contributed by atoms with Gasteiger partial charge in [0.1, 0.15) is 5.75 Å². The molecule has 2 heterocycles. The maximum atomic E-state index is 5.84. The van der Waals surface area contributed by atoms with Gasteiger partial charge in [-0.25, -0.2) is 4.98 Å². The first-order valence-electron chi connectivity index (χ1n) is 6.07. The van der Waals surface area contributed by atoms with Gasteiger partial charge in [-0.2, -0.15) is 0 Å². The number of rotatable bonds is 3. The van der Waals surface area contributed by atoms with Gasteiger partial charge in [-0.15, -0.1) is 0 Å². The summed E-state index contributed by atoms with van der Waals surface area (Å²) in [7, 11) is 2.00. The van der Waals surface area contributed by atoms with Crippen LogP contribution in [0.1, 0.15) is 6.42 Å². The fourth-order valence-corrected chi connectivity index (χ4v) is 2.27. The molecule has 1 aromatic heterocycles. The first-order chi connectivity index (χ1) is 8.33. The Labute approximate surface area is 101 Å². The Morgan fingerprint density at radius 1 is 1.53 bits per heavy atom. The molecule has 1 N–H and O–H groups in total. The van der Waals surface area contributed by atoms with Crippen LogP contribution in [0.25, 0.3) is 11.0 Å². The summed E-state index contributed by atoms with van der Waals surface area (Å²) in [6.45, 7) is 3.00. The van der Waals surface area contributed by atoms with Crippen LogP contribution >= 0.6 is 0 Å². The third-order valence-electron chi connectivity index (χ3n) is 3.34. The largest absolute Gasteiger partial charge is 0.493 e. The lowest BCUT2D eigenvalue weighted by molar-refractivity contribution is 0.260. The number of fused-ring (bicyclic) bond motifs is 1. The second-order valence-corrected chi connectivity index (χ2v) is 4.68. The lowest BCUT2D eigenvalue weighted by atomic mass is 10.1. The van der Waals surface area contributed by atoms with E-state index in [0.29, 0.717) is 5.92 Å². The fourth-order valence-electron chi connectivity index (χ4n) is 2.27. The molecule has 1 aromatic carbocycles. The molecule has 4 heteroatoms. The summed E-state index contributed by atoms with van der Waals surface area (Å²) >= 11 is 0. The molecule has 1 atom stereocenters. The molecule has 3 rings (SSSR count). The Morgan fingerprint density at radius 3 is 3.29 bits per heavy atom. The highest BCUT2D eigenvalue weighted by Gasteiger charge is 2.15. The Bertz CT molecular complexity index is 514. The van der Waals surface area contributed by atoms with Crippen molar-refractivity contribution in [1.29, 1.82) is 0 Å². The number of aryl methyl sites for hydroxylation is 1. The summed E-state index contributed by atoms with van der Waals surface area (Å²) in [5, 5.41) is 3.35.